The highest BCUT2D eigenvalue weighted by Gasteiger charge is 2.33. The van der Waals surface area contributed by atoms with Gasteiger partial charge in [-0.2, -0.15) is 11.8 Å². The number of hydrogen-bond donors (Lipinski definition) is 4. The number of aliphatic hydroxyl groups excluding tert-OH is 1. The van der Waals surface area contributed by atoms with Gasteiger partial charge in [0.05, 0.1) is 31.2 Å². The minimum atomic E-state index is -3.58. The smallest absolute Gasteiger partial charge is 0.274 e. The number of amides is 1. The summed E-state index contributed by atoms with van der Waals surface area (Å²) in [6, 6.07) is 9.51. The van der Waals surface area contributed by atoms with Gasteiger partial charge in [0, 0.05) is 19.3 Å². The number of alkyl halides is 3. The Morgan fingerprint density at radius 3 is 2.44 bits per heavy atom. The Balaban J connectivity index is 1.82. The number of aromatic hydroxyl groups is 1. The van der Waals surface area contributed by atoms with Crippen LogP contribution in [0.2, 0.25) is 0 Å². The third-order valence-corrected chi connectivity index (χ3v) is 6.50. The average molecular weight is 602 g/mol. The highest BCUT2D eigenvalue weighted by atomic mass is 35.6. The van der Waals surface area contributed by atoms with Gasteiger partial charge < -0.3 is 24.8 Å². The Kier molecular flexibility index (Phi) is 11.5. The van der Waals surface area contributed by atoms with Crippen molar-refractivity contribution in [3.63, 3.8) is 0 Å². The number of sulfonamides is 1. The van der Waals surface area contributed by atoms with Gasteiger partial charge in [0.1, 0.15) is 17.3 Å². The molecule has 0 saturated carbocycles. The highest BCUT2D eigenvalue weighted by Crippen LogP contribution is 2.29. The number of thioether (sulfide) groups is 1. The first kappa shape index (κ1) is 30.4. The van der Waals surface area contributed by atoms with Crippen LogP contribution < -0.4 is 10.0 Å². The first-order valence-electron chi connectivity index (χ1n) is 10.5. The first-order valence-corrected chi connectivity index (χ1v) is 14.6. The number of nitrogens with zero attached hydrogens (tertiary/aromatic N) is 2. The van der Waals surface area contributed by atoms with E-state index in [0.717, 1.165) is 6.26 Å². The number of guanidine groups is 1. The molecule has 0 aliphatic heterocycles. The lowest BCUT2D eigenvalue weighted by molar-refractivity contribution is -0.129. The van der Waals surface area contributed by atoms with Crippen LogP contribution in [0.4, 0.5) is 0 Å². The van der Waals surface area contributed by atoms with Crippen LogP contribution in [0.15, 0.2) is 45.8 Å². The van der Waals surface area contributed by atoms with E-state index in [4.69, 9.17) is 39.2 Å². The highest BCUT2D eigenvalue weighted by molar-refractivity contribution is 7.98. The van der Waals surface area contributed by atoms with Gasteiger partial charge in [-0.25, -0.2) is 13.4 Å². The second kappa shape index (κ2) is 13.6. The summed E-state index contributed by atoms with van der Waals surface area (Å²) in [5, 5.41) is 22.5. The van der Waals surface area contributed by atoms with Crippen molar-refractivity contribution in [3.05, 3.63) is 53.5 Å². The maximum atomic E-state index is 11.9. The van der Waals surface area contributed by atoms with Crippen LogP contribution in [0.25, 0.3) is 0 Å². The number of phenols is 1. The molecule has 1 amide bonds. The SMILES string of the molecule is CN(Cc1ccc(CSCCNC(=NCC(O)c2ccc(O)cc2)NS(C)(=O)=O)o1)C(=O)C(Cl)(Cl)Cl. The number of aliphatic hydroxyl groups is 1. The minimum absolute atomic E-state index is 0.0119. The number of phenolic OH excluding ortho intramolecular Hbond substituents is 1. The van der Waals surface area contributed by atoms with Gasteiger partial charge in [-0.05, 0) is 29.8 Å². The fourth-order valence-electron chi connectivity index (χ4n) is 2.80. The number of rotatable bonds is 11. The van der Waals surface area contributed by atoms with Crippen LogP contribution in [0.1, 0.15) is 23.2 Å². The molecular formula is C21H27Cl3N4O6S2. The molecule has 4 N–H and O–H groups in total. The molecule has 0 bridgehead atoms. The number of carbonyl (C=O) groups excluding carboxylic acids is 1. The summed E-state index contributed by atoms with van der Waals surface area (Å²) in [6.45, 7) is 0.439. The maximum absolute atomic E-state index is 11.9. The lowest BCUT2D eigenvalue weighted by atomic mass is 10.1. The van der Waals surface area contributed by atoms with E-state index in [1.54, 1.807) is 24.3 Å². The average Bonchev–Trinajstić information content (AvgIpc) is 3.22. The maximum Gasteiger partial charge on any atom is 0.274 e. The lowest BCUT2D eigenvalue weighted by Gasteiger charge is -2.20. The molecule has 1 aromatic carbocycles. The monoisotopic (exact) mass is 600 g/mol. The van der Waals surface area contributed by atoms with Gasteiger partial charge in [-0.1, -0.05) is 46.9 Å². The van der Waals surface area contributed by atoms with Crippen molar-refractivity contribution in [1.82, 2.24) is 14.9 Å². The zero-order valence-electron chi connectivity index (χ0n) is 19.4. The molecule has 10 nitrogen and oxygen atoms in total. The third-order valence-electron chi connectivity index (χ3n) is 4.46. The van der Waals surface area contributed by atoms with E-state index in [-0.39, 0.29) is 24.8 Å². The molecule has 1 atom stereocenters. The zero-order chi connectivity index (χ0) is 26.9. The third kappa shape index (κ3) is 11.1. The molecular weight excluding hydrogens is 575 g/mol. The topological polar surface area (TPSA) is 144 Å². The molecule has 2 aromatic rings. The van der Waals surface area contributed by atoms with Gasteiger partial charge in [-0.3, -0.25) is 9.52 Å². The van der Waals surface area contributed by atoms with Crippen molar-refractivity contribution in [1.29, 1.82) is 0 Å². The second-order valence-corrected chi connectivity index (χ2v) is 12.8. The molecule has 0 fully saturated rings. The predicted molar refractivity (Wildman–Crippen MR) is 143 cm³/mol. The van der Waals surface area contributed by atoms with Crippen molar-refractivity contribution in [2.24, 2.45) is 4.99 Å². The van der Waals surface area contributed by atoms with Gasteiger partial charge in [0.2, 0.25) is 16.0 Å². The largest absolute Gasteiger partial charge is 0.508 e. The van der Waals surface area contributed by atoms with E-state index < -0.39 is 25.8 Å². The minimum Gasteiger partial charge on any atom is -0.508 e. The molecule has 15 heteroatoms. The number of carbonyl (C=O) groups is 1. The molecule has 1 aromatic heterocycles. The van der Waals surface area contributed by atoms with Crippen LogP contribution in [0, 0.1) is 0 Å². The van der Waals surface area contributed by atoms with Crippen molar-refractivity contribution < 1.29 is 27.8 Å². The van der Waals surface area contributed by atoms with Gasteiger partial charge in [0.25, 0.3) is 9.70 Å². The standard InChI is InChI=1S/C21H27Cl3N4O6S2/c1-28(19(31)21(22,23)24)12-16-7-8-17(34-16)13-35-10-9-25-20(27-36(2,32)33)26-11-18(30)14-3-5-15(29)6-4-14/h3-8,18,29-30H,9-13H2,1-2H3,(H2,25,26,27). The molecule has 0 aliphatic carbocycles. The van der Waals surface area contributed by atoms with Crippen LogP contribution in [0.5, 0.6) is 5.75 Å². The van der Waals surface area contributed by atoms with Gasteiger partial charge in [0.15, 0.2) is 0 Å². The number of hydrogen-bond acceptors (Lipinski definition) is 8. The van der Waals surface area contributed by atoms with E-state index in [0.29, 0.717) is 35.1 Å². The summed E-state index contributed by atoms with van der Waals surface area (Å²) in [7, 11) is -2.08. The van der Waals surface area contributed by atoms with E-state index in [9.17, 15) is 23.4 Å². The van der Waals surface area contributed by atoms with Crippen molar-refractivity contribution >= 4 is 68.5 Å². The molecule has 2 rings (SSSR count). The number of furan rings is 1. The first-order chi connectivity index (χ1) is 16.7. The van der Waals surface area contributed by atoms with Crippen LogP contribution >= 0.6 is 46.6 Å². The Morgan fingerprint density at radius 2 is 1.83 bits per heavy atom. The van der Waals surface area contributed by atoms with E-state index >= 15 is 0 Å². The van der Waals surface area contributed by atoms with Crippen LogP contribution in [-0.2, 0) is 27.1 Å². The fraction of sp³-hybridized carbons (Fsp3) is 0.429. The summed E-state index contributed by atoms with van der Waals surface area (Å²) >= 11 is 18.3. The van der Waals surface area contributed by atoms with Crippen molar-refractivity contribution in [3.8, 4) is 5.75 Å². The molecule has 0 aliphatic rings. The van der Waals surface area contributed by atoms with Crippen molar-refractivity contribution in [2.75, 3.05) is 32.1 Å². The summed E-state index contributed by atoms with van der Waals surface area (Å²) < 4.78 is 29.3. The normalized spacial score (nSPS) is 13.3. The summed E-state index contributed by atoms with van der Waals surface area (Å²) in [5.74, 6) is 1.76. The van der Waals surface area contributed by atoms with E-state index in [1.165, 1.54) is 35.8 Å². The molecule has 36 heavy (non-hydrogen) atoms. The Hall–Kier alpha value is -1.83. The van der Waals surface area contributed by atoms with Gasteiger partial charge in [-0.15, -0.1) is 0 Å². The molecule has 1 unspecified atom stereocenters. The molecule has 200 valence electrons. The zero-order valence-corrected chi connectivity index (χ0v) is 23.4. The Labute approximate surface area is 229 Å². The summed E-state index contributed by atoms with van der Waals surface area (Å²) in [4.78, 5) is 17.3. The molecule has 1 heterocycles. The quantitative estimate of drug-likeness (QED) is 0.133. The number of halogens is 3. The fourth-order valence-corrected chi connectivity index (χ4v) is 4.47. The summed E-state index contributed by atoms with van der Waals surface area (Å²) in [6.07, 6.45) is 0.0257. The predicted octanol–water partition coefficient (Wildman–Crippen LogP) is 2.78. The number of benzene rings is 1. The molecule has 0 spiro atoms. The molecule has 0 radical (unpaired) electrons. The van der Waals surface area contributed by atoms with Crippen LogP contribution in [0.3, 0.4) is 0 Å². The Morgan fingerprint density at radius 1 is 1.19 bits per heavy atom. The Bertz CT molecular complexity index is 1140. The number of aliphatic imine (C=N–C) groups is 1. The second-order valence-electron chi connectivity index (χ2n) is 7.68. The molecule has 0 saturated heterocycles. The summed E-state index contributed by atoms with van der Waals surface area (Å²) in [5.41, 5.74) is 0.534. The van der Waals surface area contributed by atoms with Gasteiger partial charge >= 0.3 is 0 Å². The van der Waals surface area contributed by atoms with Crippen LogP contribution in [-0.4, -0.2) is 71.3 Å². The van der Waals surface area contributed by atoms with E-state index in [2.05, 4.69) is 15.0 Å². The number of nitrogens with one attached hydrogen (secondary N) is 2. The van der Waals surface area contributed by atoms with Crippen molar-refractivity contribution in [2.45, 2.75) is 22.2 Å². The van der Waals surface area contributed by atoms with E-state index in [1.807, 2.05) is 0 Å². The lowest BCUT2D eigenvalue weighted by Crippen LogP contribution is -2.41.